The van der Waals surface area contributed by atoms with Gasteiger partial charge in [0.1, 0.15) is 0 Å². The molecule has 17 rings (SSSR count). The number of aromatic amines is 5. The van der Waals surface area contributed by atoms with Crippen molar-refractivity contribution in [2.45, 2.75) is 314 Å². The first kappa shape index (κ1) is 96.5. The number of H-pyrrole nitrogens is 5. The summed E-state index contributed by atoms with van der Waals surface area (Å²) in [6.07, 6.45) is 17.9. The number of hydrogen-bond acceptors (Lipinski definition) is 4. The molecule has 0 saturated carbocycles. The maximum Gasteiger partial charge on any atom is 0.0737 e. The lowest BCUT2D eigenvalue weighted by Crippen LogP contribution is -2.16. The molecule has 0 spiro atoms. The number of fused-ring (bicyclic) bond motifs is 16. The van der Waals surface area contributed by atoms with Gasteiger partial charge in [-0.15, -0.1) is 0 Å². The highest BCUT2D eigenvalue weighted by atomic mass is 14.8. The van der Waals surface area contributed by atoms with Gasteiger partial charge in [-0.3, -0.25) is 0 Å². The predicted octanol–water partition coefficient (Wildman–Crippen LogP) is 35.9. The second kappa shape index (κ2) is 33.3. The number of aromatic nitrogens is 9. The van der Waals surface area contributed by atoms with Crippen LogP contribution in [0.1, 0.15) is 362 Å². The summed E-state index contributed by atoms with van der Waals surface area (Å²) < 4.78 is 0. The zero-order chi connectivity index (χ0) is 99.2. The van der Waals surface area contributed by atoms with Gasteiger partial charge in [-0.25, -0.2) is 19.9 Å². The van der Waals surface area contributed by atoms with Gasteiger partial charge in [0.2, 0.25) is 0 Å². The molecule has 9 nitrogen and oxygen atoms in total. The number of rotatable bonds is 8. The van der Waals surface area contributed by atoms with Crippen molar-refractivity contribution in [3.8, 4) is 89.3 Å². The molecular weight excluding hydrogens is 1660 g/mol. The van der Waals surface area contributed by atoms with Crippen LogP contribution in [0.5, 0.6) is 0 Å². The molecule has 16 bridgehead atoms. The lowest BCUT2D eigenvalue weighted by Gasteiger charge is -2.26. The molecule has 0 aliphatic carbocycles. The first-order valence-electron chi connectivity index (χ1n) is 49.9. The monoisotopic (exact) mass is 1810 g/mol. The number of benzene rings is 6. The van der Waals surface area contributed by atoms with E-state index in [2.05, 4.69) is 493 Å². The van der Waals surface area contributed by atoms with Crippen molar-refractivity contribution in [2.24, 2.45) is 0 Å². The Morgan fingerprint density at radius 1 is 0.153 bits per heavy atom. The number of nitrogens with zero attached hydrogens (tertiary/aromatic N) is 4. The molecule has 0 radical (unpaired) electrons. The summed E-state index contributed by atoms with van der Waals surface area (Å²) in [6.45, 7) is 83.9. The fourth-order valence-electron chi connectivity index (χ4n) is 19.2. The average molecular weight is 1810 g/mol. The van der Waals surface area contributed by atoms with Crippen molar-refractivity contribution in [1.29, 1.82) is 0 Å². The molecule has 0 atom stereocenters. The van der Waals surface area contributed by atoms with Crippen LogP contribution in [0.15, 0.2) is 170 Å². The molecule has 5 N–H and O–H groups in total. The van der Waals surface area contributed by atoms with Gasteiger partial charge < -0.3 is 24.9 Å². The summed E-state index contributed by atoms with van der Waals surface area (Å²) in [4.78, 5) is 44.8. The summed E-state index contributed by atoms with van der Waals surface area (Å²) in [7, 11) is 0. The van der Waals surface area contributed by atoms with Gasteiger partial charge in [0.15, 0.2) is 0 Å². The van der Waals surface area contributed by atoms with Crippen molar-refractivity contribution in [2.75, 3.05) is 0 Å². The van der Waals surface area contributed by atoms with Gasteiger partial charge in [0.05, 0.1) is 56.6 Å². The minimum Gasteiger partial charge on any atom is -0.354 e. The summed E-state index contributed by atoms with van der Waals surface area (Å²) in [5.74, 6) is 0. The highest BCUT2D eigenvalue weighted by Crippen LogP contribution is 2.50. The standard InChI is InChI=1S/C128H149N9/c1-117(2,3)79-51-73(52-80(63-79)118(4,5)6)111-97-39-37-91(129-97)69-107-93(71-109(136-107)115(77-59-87(125(25,26)27)67-88(60-77)126(28,29)30)105-49-47-103(134-105)113(101-45-43-99(111)132-101)75-55-83(121(13,14)15)65-84(56-75)122(16,17)18)95-41-42-96(131-95)94-72-110-116(78-61-89(127(31,32)33)68-90(62-78)128(34,35)36)106-50-48-104(135-106)114(76-57-85(123(19,20)21)66-86(58-76)124(22,23)24)102-46-44-100(133-102)112(98-40-38-92(130-98)70-108(94)137-110)74-53-81(119(7,8)9)64-82(54-74)120(10,11)12/h37-72,131-133,136-137H,1-36H3. The molecule has 0 unspecified atom stereocenters. The Labute approximate surface area is 817 Å². The summed E-state index contributed by atoms with van der Waals surface area (Å²) >= 11 is 0. The van der Waals surface area contributed by atoms with E-state index >= 15 is 0 Å². The van der Waals surface area contributed by atoms with Crippen molar-refractivity contribution in [1.82, 2.24) is 44.9 Å². The van der Waals surface area contributed by atoms with Gasteiger partial charge >= 0.3 is 0 Å². The van der Waals surface area contributed by atoms with Gasteiger partial charge in [-0.05, 0) is 274 Å². The molecule has 0 amide bonds. The van der Waals surface area contributed by atoms with Crippen molar-refractivity contribution in [3.63, 3.8) is 0 Å². The van der Waals surface area contributed by atoms with E-state index in [1.807, 2.05) is 0 Å². The molecule has 0 saturated heterocycles. The molecule has 11 heterocycles. The van der Waals surface area contributed by atoms with E-state index in [-0.39, 0.29) is 65.0 Å². The molecule has 4 aliphatic heterocycles. The van der Waals surface area contributed by atoms with Crippen LogP contribution in [0.25, 0.3) is 182 Å². The van der Waals surface area contributed by atoms with Gasteiger partial charge in [-0.2, -0.15) is 0 Å². The largest absolute Gasteiger partial charge is 0.354 e. The Bertz CT molecular complexity index is 6940. The molecule has 4 aliphatic rings. The average Bonchev–Trinajstić information content (AvgIpc) is 1.66. The maximum atomic E-state index is 6.07. The van der Waals surface area contributed by atoms with Crippen LogP contribution in [-0.2, 0) is 65.0 Å². The van der Waals surface area contributed by atoms with Crippen LogP contribution >= 0.6 is 0 Å². The first-order chi connectivity index (χ1) is 63.3. The number of nitrogens with one attached hydrogen (secondary N) is 5. The van der Waals surface area contributed by atoms with Crippen LogP contribution in [-0.4, -0.2) is 44.9 Å². The van der Waals surface area contributed by atoms with E-state index in [1.54, 1.807) is 0 Å². The van der Waals surface area contributed by atoms with E-state index in [0.29, 0.717) is 0 Å². The normalized spacial score (nSPS) is 13.9. The van der Waals surface area contributed by atoms with Crippen molar-refractivity contribution >= 4 is 92.7 Å². The molecular formula is C128H149N9. The Morgan fingerprint density at radius 3 is 0.511 bits per heavy atom. The molecule has 13 aromatic rings. The van der Waals surface area contributed by atoms with E-state index in [1.165, 1.54) is 66.8 Å². The maximum absolute atomic E-state index is 6.07. The summed E-state index contributed by atoms with van der Waals surface area (Å²) in [5, 5.41) is 0. The third-order valence-corrected chi connectivity index (χ3v) is 28.4. The van der Waals surface area contributed by atoms with E-state index in [0.717, 1.165) is 179 Å². The van der Waals surface area contributed by atoms with Gasteiger partial charge in [-0.1, -0.05) is 358 Å². The third kappa shape index (κ3) is 19.5. The quantitative estimate of drug-likeness (QED) is 0.104. The molecule has 706 valence electrons. The Morgan fingerprint density at radius 2 is 0.321 bits per heavy atom. The predicted molar refractivity (Wildman–Crippen MR) is 594 cm³/mol. The lowest BCUT2D eigenvalue weighted by atomic mass is 9.78. The second-order valence-corrected chi connectivity index (χ2v) is 52.2. The topological polar surface area (TPSA) is 131 Å². The molecule has 6 aromatic carbocycles. The van der Waals surface area contributed by atoms with Gasteiger partial charge in [0, 0.05) is 89.0 Å². The molecule has 7 aromatic heterocycles. The van der Waals surface area contributed by atoms with Crippen LogP contribution in [0.4, 0.5) is 0 Å². The molecule has 9 heteroatoms. The molecule has 0 fully saturated rings. The summed E-state index contributed by atoms with van der Waals surface area (Å²) in [6, 6.07) is 66.5. The first-order valence-corrected chi connectivity index (χ1v) is 49.9. The Hall–Kier alpha value is -12.2. The van der Waals surface area contributed by atoms with E-state index < -0.39 is 0 Å². The zero-order valence-electron chi connectivity index (χ0n) is 89.1. The van der Waals surface area contributed by atoms with Crippen molar-refractivity contribution < 1.29 is 0 Å². The highest BCUT2D eigenvalue weighted by Gasteiger charge is 2.34. The number of hydrogen-bond donors (Lipinski definition) is 5. The highest BCUT2D eigenvalue weighted by molar-refractivity contribution is 6.04. The third-order valence-electron chi connectivity index (χ3n) is 28.4. The van der Waals surface area contributed by atoms with Crippen LogP contribution in [0.3, 0.4) is 0 Å². The van der Waals surface area contributed by atoms with Crippen LogP contribution < -0.4 is 0 Å². The van der Waals surface area contributed by atoms with E-state index in [4.69, 9.17) is 19.9 Å². The minimum atomic E-state index is -0.202. The van der Waals surface area contributed by atoms with Gasteiger partial charge in [0.25, 0.3) is 0 Å². The SMILES string of the molecule is CC(C)(C)c1cc(-c2c3nc(c(-c4cc(C(C)(C)C)cc(C(C)(C)C)c4)c4ccc([nH]4)c(-c4cc(C(C)(C)C)cc(C(C)(C)C)c4)c4nc(cc5[nH]c2cc5-c2ccc(-c5cc6[nH]c5cc5nc(c(-c7cc(C(C)(C)C)cc(C(C)(C)C)c7)c7ccc([nH]7)c(-c7cc(C(C)(C)C)cc(C(C)(C)C)c7)c7nc(c6-c6cc(C(C)(C)C)cc(C(C)(C)C)c6)C=C7)C=C5)[nH]2)C=C4)C=C3)cc(C(C)(C)C)c1. The lowest BCUT2D eigenvalue weighted by molar-refractivity contribution is 0.568. The van der Waals surface area contributed by atoms with Crippen LogP contribution in [0, 0.1) is 0 Å². The van der Waals surface area contributed by atoms with Crippen molar-refractivity contribution in [3.05, 3.63) is 282 Å². The minimum absolute atomic E-state index is 0.158. The smallest absolute Gasteiger partial charge is 0.0737 e. The second-order valence-electron chi connectivity index (χ2n) is 52.2. The zero-order valence-corrected chi connectivity index (χ0v) is 89.1. The fourth-order valence-corrected chi connectivity index (χ4v) is 19.2. The van der Waals surface area contributed by atoms with Crippen LogP contribution in [0.2, 0.25) is 0 Å². The Balaban J connectivity index is 1.02. The van der Waals surface area contributed by atoms with E-state index in [9.17, 15) is 0 Å². The Kier molecular flexibility index (Phi) is 23.4. The fraction of sp³-hybridized carbons (Fsp3) is 0.375. The summed E-state index contributed by atoms with van der Waals surface area (Å²) in [5.41, 5.74) is 43.7. The molecule has 137 heavy (non-hydrogen) atoms.